The fourth-order valence-electron chi connectivity index (χ4n) is 2.58. The fourth-order valence-corrected chi connectivity index (χ4v) is 3.62. The van der Waals surface area contributed by atoms with Gasteiger partial charge >= 0.3 is 0 Å². The van der Waals surface area contributed by atoms with E-state index in [-0.39, 0.29) is 5.91 Å². The Balaban J connectivity index is 1.32. The minimum Gasteiger partial charge on any atom is -0.491 e. The van der Waals surface area contributed by atoms with Crippen molar-refractivity contribution < 1.29 is 19.0 Å². The summed E-state index contributed by atoms with van der Waals surface area (Å²) in [6.07, 6.45) is 1.81. The second kappa shape index (κ2) is 10.4. The molecule has 0 radical (unpaired) electrons. The van der Waals surface area contributed by atoms with Gasteiger partial charge in [0.1, 0.15) is 29.0 Å². The van der Waals surface area contributed by atoms with Crippen LogP contribution in [0.25, 0.3) is 6.08 Å². The Bertz CT molecular complexity index is 910. The molecule has 3 rings (SSSR count). The number of carbonyl (C=O) groups is 1. The number of hydrogen-bond donors (Lipinski definition) is 1. The summed E-state index contributed by atoms with van der Waals surface area (Å²) in [5.74, 6) is 1.46. The molecule has 29 heavy (non-hydrogen) atoms. The zero-order chi connectivity index (χ0) is 20.6. The predicted octanol–water partition coefficient (Wildman–Crippen LogP) is 4.27. The van der Waals surface area contributed by atoms with Gasteiger partial charge < -0.3 is 19.5 Å². The van der Waals surface area contributed by atoms with Crippen LogP contribution < -0.4 is 14.8 Å². The number of amides is 1. The SMILES string of the molecule is Cc1ccc(OCCOCCOc2ccc(/C=C3\SC(=S)NC3=O)cc2)cc1C. The van der Waals surface area contributed by atoms with Gasteiger partial charge in [0.25, 0.3) is 5.91 Å². The summed E-state index contributed by atoms with van der Waals surface area (Å²) in [5.41, 5.74) is 3.38. The van der Waals surface area contributed by atoms with Crippen molar-refractivity contribution in [2.45, 2.75) is 13.8 Å². The second-order valence-corrected chi connectivity index (χ2v) is 8.20. The molecule has 2 aromatic rings. The minimum atomic E-state index is -0.154. The lowest BCUT2D eigenvalue weighted by molar-refractivity contribution is -0.115. The van der Waals surface area contributed by atoms with Crippen molar-refractivity contribution in [3.8, 4) is 11.5 Å². The van der Waals surface area contributed by atoms with Gasteiger partial charge in [0.15, 0.2) is 0 Å². The summed E-state index contributed by atoms with van der Waals surface area (Å²) >= 11 is 6.25. The topological polar surface area (TPSA) is 56.8 Å². The molecular weight excluding hydrogens is 406 g/mol. The summed E-state index contributed by atoms with van der Waals surface area (Å²) in [7, 11) is 0. The van der Waals surface area contributed by atoms with Crippen LogP contribution in [0.15, 0.2) is 47.4 Å². The van der Waals surface area contributed by atoms with E-state index in [1.54, 1.807) is 0 Å². The van der Waals surface area contributed by atoms with Crippen LogP contribution in [0.3, 0.4) is 0 Å². The zero-order valence-electron chi connectivity index (χ0n) is 16.4. The first-order valence-electron chi connectivity index (χ1n) is 9.27. The van der Waals surface area contributed by atoms with Crippen LogP contribution in [-0.2, 0) is 9.53 Å². The van der Waals surface area contributed by atoms with Gasteiger partial charge in [-0.05, 0) is 60.9 Å². The van der Waals surface area contributed by atoms with E-state index in [1.807, 2.05) is 42.5 Å². The summed E-state index contributed by atoms with van der Waals surface area (Å²) < 4.78 is 17.4. The number of thiocarbonyl (C=S) groups is 1. The normalized spacial score (nSPS) is 14.9. The molecule has 1 saturated heterocycles. The summed E-state index contributed by atoms with van der Waals surface area (Å²) in [6.45, 7) is 6.09. The molecule has 1 aliphatic heterocycles. The van der Waals surface area contributed by atoms with Gasteiger partial charge in [-0.25, -0.2) is 0 Å². The maximum Gasteiger partial charge on any atom is 0.263 e. The van der Waals surface area contributed by atoms with Crippen LogP contribution in [0.1, 0.15) is 16.7 Å². The largest absolute Gasteiger partial charge is 0.491 e. The summed E-state index contributed by atoms with van der Waals surface area (Å²) in [6, 6.07) is 13.6. The molecule has 1 heterocycles. The zero-order valence-corrected chi connectivity index (χ0v) is 18.0. The Kier molecular flexibility index (Phi) is 7.69. The van der Waals surface area contributed by atoms with E-state index in [4.69, 9.17) is 26.4 Å². The average molecular weight is 430 g/mol. The Morgan fingerprint density at radius 2 is 1.59 bits per heavy atom. The molecule has 0 saturated carbocycles. The third-order valence-electron chi connectivity index (χ3n) is 4.29. The van der Waals surface area contributed by atoms with Crippen molar-refractivity contribution >= 4 is 40.3 Å². The van der Waals surface area contributed by atoms with Crippen molar-refractivity contribution in [2.75, 3.05) is 26.4 Å². The molecule has 152 valence electrons. The van der Waals surface area contributed by atoms with E-state index in [9.17, 15) is 4.79 Å². The molecule has 1 aliphatic rings. The summed E-state index contributed by atoms with van der Waals surface area (Å²) in [5, 5.41) is 2.60. The van der Waals surface area contributed by atoms with Crippen LogP contribution in [0.5, 0.6) is 11.5 Å². The van der Waals surface area contributed by atoms with Crippen molar-refractivity contribution in [3.63, 3.8) is 0 Å². The predicted molar refractivity (Wildman–Crippen MR) is 120 cm³/mol. The molecule has 0 spiro atoms. The molecule has 5 nitrogen and oxygen atoms in total. The van der Waals surface area contributed by atoms with Gasteiger partial charge in [-0.3, -0.25) is 4.79 Å². The van der Waals surface area contributed by atoms with Crippen LogP contribution in [-0.4, -0.2) is 36.7 Å². The van der Waals surface area contributed by atoms with E-state index >= 15 is 0 Å². The van der Waals surface area contributed by atoms with E-state index in [0.29, 0.717) is 35.7 Å². The number of thioether (sulfide) groups is 1. The molecule has 7 heteroatoms. The molecule has 0 atom stereocenters. The van der Waals surface area contributed by atoms with Crippen LogP contribution in [0.2, 0.25) is 0 Å². The lowest BCUT2D eigenvalue weighted by Gasteiger charge is -2.10. The van der Waals surface area contributed by atoms with Gasteiger partial charge in [0.05, 0.1) is 18.1 Å². The monoisotopic (exact) mass is 429 g/mol. The molecule has 0 unspecified atom stereocenters. The van der Waals surface area contributed by atoms with E-state index in [2.05, 4.69) is 25.2 Å². The van der Waals surface area contributed by atoms with Crippen molar-refractivity contribution in [3.05, 3.63) is 64.1 Å². The van der Waals surface area contributed by atoms with Crippen molar-refractivity contribution in [1.82, 2.24) is 5.32 Å². The minimum absolute atomic E-state index is 0.154. The number of hydrogen-bond acceptors (Lipinski definition) is 6. The highest BCUT2D eigenvalue weighted by Crippen LogP contribution is 2.26. The third-order valence-corrected chi connectivity index (χ3v) is 5.45. The highest BCUT2D eigenvalue weighted by atomic mass is 32.2. The van der Waals surface area contributed by atoms with E-state index in [1.165, 1.54) is 22.9 Å². The third kappa shape index (κ3) is 6.59. The van der Waals surface area contributed by atoms with E-state index in [0.717, 1.165) is 17.1 Å². The highest BCUT2D eigenvalue weighted by Gasteiger charge is 2.21. The fraction of sp³-hybridized carbons (Fsp3) is 0.273. The number of benzene rings is 2. The van der Waals surface area contributed by atoms with Crippen molar-refractivity contribution in [1.29, 1.82) is 0 Å². The molecule has 1 N–H and O–H groups in total. The lowest BCUT2D eigenvalue weighted by Crippen LogP contribution is -2.17. The molecular formula is C22H23NO4S2. The maximum absolute atomic E-state index is 11.7. The molecule has 0 bridgehead atoms. The molecule has 1 fully saturated rings. The standard InChI is InChI=1S/C22H23NO4S2/c1-15-3-6-19(13-16(15)2)27-12-10-25-9-11-26-18-7-4-17(5-8-18)14-20-21(24)23-22(28)29-20/h3-8,13-14H,9-12H2,1-2H3,(H,23,24,28)/b20-14-. The Morgan fingerprint density at radius 3 is 2.21 bits per heavy atom. The molecule has 0 aromatic heterocycles. The van der Waals surface area contributed by atoms with Gasteiger partial charge in [0.2, 0.25) is 0 Å². The number of carbonyl (C=O) groups excluding carboxylic acids is 1. The van der Waals surface area contributed by atoms with Crippen LogP contribution in [0, 0.1) is 13.8 Å². The lowest BCUT2D eigenvalue weighted by atomic mass is 10.1. The number of nitrogens with one attached hydrogen (secondary N) is 1. The number of aryl methyl sites for hydroxylation is 2. The Labute approximate surface area is 180 Å². The van der Waals surface area contributed by atoms with Crippen LogP contribution >= 0.6 is 24.0 Å². The smallest absolute Gasteiger partial charge is 0.263 e. The first-order chi connectivity index (χ1) is 14.0. The molecule has 1 amide bonds. The Morgan fingerprint density at radius 1 is 0.931 bits per heavy atom. The number of rotatable bonds is 9. The van der Waals surface area contributed by atoms with E-state index < -0.39 is 0 Å². The van der Waals surface area contributed by atoms with Crippen molar-refractivity contribution in [2.24, 2.45) is 0 Å². The second-order valence-electron chi connectivity index (χ2n) is 6.48. The maximum atomic E-state index is 11.7. The average Bonchev–Trinajstić information content (AvgIpc) is 3.02. The highest BCUT2D eigenvalue weighted by molar-refractivity contribution is 8.26. The molecule has 2 aromatic carbocycles. The van der Waals surface area contributed by atoms with Gasteiger partial charge in [-0.1, -0.05) is 42.2 Å². The molecule has 0 aliphatic carbocycles. The van der Waals surface area contributed by atoms with Crippen LogP contribution in [0.4, 0.5) is 0 Å². The first-order valence-corrected chi connectivity index (χ1v) is 10.5. The van der Waals surface area contributed by atoms with Gasteiger partial charge in [-0.2, -0.15) is 0 Å². The first kappa shape index (κ1) is 21.4. The number of ether oxygens (including phenoxy) is 3. The van der Waals surface area contributed by atoms with Gasteiger partial charge in [-0.15, -0.1) is 0 Å². The Hall–Kier alpha value is -2.35. The quantitative estimate of drug-likeness (QED) is 0.365. The summed E-state index contributed by atoms with van der Waals surface area (Å²) in [4.78, 5) is 12.3. The van der Waals surface area contributed by atoms with Gasteiger partial charge in [0, 0.05) is 0 Å².